The Morgan fingerprint density at radius 1 is 1.18 bits per heavy atom. The van der Waals surface area contributed by atoms with Crippen LogP contribution in [0.25, 0.3) is 10.8 Å². The molecule has 2 aromatic rings. The second-order valence-electron chi connectivity index (χ2n) is 3.66. The van der Waals surface area contributed by atoms with Crippen molar-refractivity contribution in [3.8, 4) is 0 Å². The van der Waals surface area contributed by atoms with Gasteiger partial charge in [0.05, 0.1) is 0 Å². The van der Waals surface area contributed by atoms with Crippen LogP contribution in [-0.2, 0) is 11.3 Å². The molecule has 0 aliphatic rings. The van der Waals surface area contributed by atoms with Crippen molar-refractivity contribution in [2.24, 2.45) is 0 Å². The molecule has 0 saturated carbocycles. The number of halogens is 2. The van der Waals surface area contributed by atoms with Gasteiger partial charge >= 0.3 is 0 Å². The fraction of sp³-hybridized carbons (Fsp3) is 0.154. The largest absolute Gasteiger partial charge is 0.351 e. The number of amides is 1. The van der Waals surface area contributed by atoms with Gasteiger partial charge in [0.15, 0.2) is 0 Å². The van der Waals surface area contributed by atoms with Gasteiger partial charge in [0.2, 0.25) is 5.91 Å². The first-order valence-electron chi connectivity index (χ1n) is 5.21. The molecule has 0 spiro atoms. The number of hydrogen-bond donors (Lipinski definition) is 1. The summed E-state index contributed by atoms with van der Waals surface area (Å²) in [4.78, 5) is 11.1. The van der Waals surface area contributed by atoms with E-state index in [-0.39, 0.29) is 17.6 Å². The van der Waals surface area contributed by atoms with Gasteiger partial charge in [0.1, 0.15) is 11.7 Å². The Kier molecular flexibility index (Phi) is 3.59. The molecule has 0 aliphatic heterocycles. The molecule has 0 saturated heterocycles. The molecule has 0 bridgehead atoms. The zero-order valence-electron chi connectivity index (χ0n) is 9.04. The highest BCUT2D eigenvalue weighted by molar-refractivity contribution is 6.27. The number of nitrogens with one attached hydrogen (secondary N) is 1. The van der Waals surface area contributed by atoms with Crippen LogP contribution in [0, 0.1) is 5.82 Å². The summed E-state index contributed by atoms with van der Waals surface area (Å²) in [5, 5.41) is 4.03. The third kappa shape index (κ3) is 2.56. The Balaban J connectivity index is 2.35. The van der Waals surface area contributed by atoms with Crippen molar-refractivity contribution in [1.82, 2.24) is 5.32 Å². The first kappa shape index (κ1) is 11.9. The van der Waals surface area contributed by atoms with Gasteiger partial charge in [0.25, 0.3) is 0 Å². The zero-order chi connectivity index (χ0) is 12.3. The molecule has 0 radical (unpaired) electrons. The fourth-order valence-electron chi connectivity index (χ4n) is 1.72. The van der Waals surface area contributed by atoms with Gasteiger partial charge < -0.3 is 5.32 Å². The maximum atomic E-state index is 13.5. The first-order valence-corrected chi connectivity index (χ1v) is 5.74. The summed E-state index contributed by atoms with van der Waals surface area (Å²) >= 11 is 5.39. The molecule has 0 unspecified atom stereocenters. The fourth-order valence-corrected chi connectivity index (χ4v) is 1.81. The molecule has 4 heteroatoms. The monoisotopic (exact) mass is 251 g/mol. The van der Waals surface area contributed by atoms with E-state index in [4.69, 9.17) is 11.6 Å². The minimum atomic E-state index is -0.256. The number of fused-ring (bicyclic) bond motifs is 1. The average molecular weight is 252 g/mol. The van der Waals surface area contributed by atoms with E-state index in [0.717, 1.165) is 10.9 Å². The van der Waals surface area contributed by atoms with Gasteiger partial charge in [0, 0.05) is 11.9 Å². The quantitative estimate of drug-likeness (QED) is 0.835. The Labute approximate surface area is 103 Å². The van der Waals surface area contributed by atoms with E-state index in [1.807, 2.05) is 12.1 Å². The zero-order valence-corrected chi connectivity index (χ0v) is 9.80. The van der Waals surface area contributed by atoms with E-state index in [9.17, 15) is 9.18 Å². The molecule has 2 rings (SSSR count). The molecule has 17 heavy (non-hydrogen) atoms. The lowest BCUT2D eigenvalue weighted by molar-refractivity contribution is -0.118. The summed E-state index contributed by atoms with van der Waals surface area (Å²) in [6, 6.07) is 10.3. The third-order valence-electron chi connectivity index (χ3n) is 2.56. The Bertz CT molecular complexity index is 556. The number of hydrogen-bond acceptors (Lipinski definition) is 1. The Morgan fingerprint density at radius 2 is 1.88 bits per heavy atom. The summed E-state index contributed by atoms with van der Waals surface area (Å²) < 4.78 is 13.5. The molecule has 88 valence electrons. The van der Waals surface area contributed by atoms with Crippen LogP contribution in [0.2, 0.25) is 0 Å². The van der Waals surface area contributed by atoms with Crippen molar-refractivity contribution in [3.05, 3.63) is 47.8 Å². The standard InChI is InChI=1S/C13H11ClFNO/c14-7-13(17)16-8-9-5-6-12(15)11-4-2-1-3-10(9)11/h1-6H,7-8H2,(H,16,17). The van der Waals surface area contributed by atoms with Gasteiger partial charge in [-0.1, -0.05) is 30.3 Å². The highest BCUT2D eigenvalue weighted by Gasteiger charge is 2.06. The summed E-state index contributed by atoms with van der Waals surface area (Å²) in [7, 11) is 0. The van der Waals surface area contributed by atoms with E-state index in [0.29, 0.717) is 11.9 Å². The van der Waals surface area contributed by atoms with Crippen molar-refractivity contribution in [1.29, 1.82) is 0 Å². The number of rotatable bonds is 3. The van der Waals surface area contributed by atoms with E-state index >= 15 is 0 Å². The van der Waals surface area contributed by atoms with Gasteiger partial charge in [-0.2, -0.15) is 0 Å². The Hall–Kier alpha value is -1.61. The Morgan fingerprint density at radius 3 is 2.59 bits per heavy atom. The minimum absolute atomic E-state index is 0.0703. The molecular weight excluding hydrogens is 241 g/mol. The molecule has 0 aromatic heterocycles. The predicted octanol–water partition coefficient (Wildman–Crippen LogP) is 2.83. The summed E-state index contributed by atoms with van der Waals surface area (Å²) in [5.74, 6) is -0.563. The molecule has 0 fully saturated rings. The van der Waals surface area contributed by atoms with Gasteiger partial charge in [-0.15, -0.1) is 11.6 Å². The van der Waals surface area contributed by atoms with E-state index in [2.05, 4.69) is 5.32 Å². The third-order valence-corrected chi connectivity index (χ3v) is 2.80. The SMILES string of the molecule is O=C(CCl)NCc1ccc(F)c2ccccc12. The summed E-state index contributed by atoms with van der Waals surface area (Å²) in [5.41, 5.74) is 0.875. The second kappa shape index (κ2) is 5.15. The van der Waals surface area contributed by atoms with Crippen LogP contribution < -0.4 is 5.32 Å². The second-order valence-corrected chi connectivity index (χ2v) is 3.93. The van der Waals surface area contributed by atoms with Crippen molar-refractivity contribution >= 4 is 28.3 Å². The maximum Gasteiger partial charge on any atom is 0.235 e. The van der Waals surface area contributed by atoms with Crippen LogP contribution in [0.1, 0.15) is 5.56 Å². The molecule has 1 N–H and O–H groups in total. The van der Waals surface area contributed by atoms with Crippen LogP contribution in [0.5, 0.6) is 0 Å². The highest BCUT2D eigenvalue weighted by Crippen LogP contribution is 2.21. The van der Waals surface area contributed by atoms with Crippen LogP contribution >= 0.6 is 11.6 Å². The van der Waals surface area contributed by atoms with Crippen LogP contribution in [0.4, 0.5) is 4.39 Å². The van der Waals surface area contributed by atoms with E-state index in [1.54, 1.807) is 18.2 Å². The number of carbonyl (C=O) groups excluding carboxylic acids is 1. The van der Waals surface area contributed by atoms with Crippen molar-refractivity contribution < 1.29 is 9.18 Å². The lowest BCUT2D eigenvalue weighted by Gasteiger charge is -2.08. The maximum absolute atomic E-state index is 13.5. The smallest absolute Gasteiger partial charge is 0.235 e. The van der Waals surface area contributed by atoms with Crippen molar-refractivity contribution in [3.63, 3.8) is 0 Å². The number of alkyl halides is 1. The molecule has 2 aromatic carbocycles. The molecule has 1 amide bonds. The summed E-state index contributed by atoms with van der Waals surface area (Å²) in [6.45, 7) is 0.354. The van der Waals surface area contributed by atoms with Gasteiger partial charge in [-0.25, -0.2) is 4.39 Å². The molecular formula is C13H11ClFNO. The van der Waals surface area contributed by atoms with Crippen LogP contribution in [0.15, 0.2) is 36.4 Å². The lowest BCUT2D eigenvalue weighted by Crippen LogP contribution is -2.23. The number of carbonyl (C=O) groups is 1. The normalized spacial score (nSPS) is 10.5. The highest BCUT2D eigenvalue weighted by atomic mass is 35.5. The molecule has 0 aliphatic carbocycles. The van der Waals surface area contributed by atoms with Gasteiger partial charge in [-0.05, 0) is 17.0 Å². The first-order chi connectivity index (χ1) is 8.22. The van der Waals surface area contributed by atoms with Crippen LogP contribution in [-0.4, -0.2) is 11.8 Å². The van der Waals surface area contributed by atoms with Gasteiger partial charge in [-0.3, -0.25) is 4.79 Å². The summed E-state index contributed by atoms with van der Waals surface area (Å²) in [6.07, 6.45) is 0. The van der Waals surface area contributed by atoms with Crippen LogP contribution in [0.3, 0.4) is 0 Å². The minimum Gasteiger partial charge on any atom is -0.351 e. The predicted molar refractivity (Wildman–Crippen MR) is 66.5 cm³/mol. The van der Waals surface area contributed by atoms with E-state index in [1.165, 1.54) is 6.07 Å². The van der Waals surface area contributed by atoms with E-state index < -0.39 is 0 Å². The molecule has 2 nitrogen and oxygen atoms in total. The number of benzene rings is 2. The van der Waals surface area contributed by atoms with Crippen molar-refractivity contribution in [2.45, 2.75) is 6.54 Å². The average Bonchev–Trinajstić information content (AvgIpc) is 2.38. The topological polar surface area (TPSA) is 29.1 Å². The molecule has 0 atom stereocenters. The molecule has 0 heterocycles. The van der Waals surface area contributed by atoms with Crippen molar-refractivity contribution in [2.75, 3.05) is 5.88 Å². The lowest BCUT2D eigenvalue weighted by atomic mass is 10.0.